The molecule has 0 aromatic carbocycles. The van der Waals surface area contributed by atoms with Gasteiger partial charge >= 0.3 is 0 Å². The Bertz CT molecular complexity index is 112. The van der Waals surface area contributed by atoms with Crippen LogP contribution in [0.15, 0.2) is 12.7 Å². The van der Waals surface area contributed by atoms with Crippen LogP contribution in [-0.4, -0.2) is 18.5 Å². The lowest BCUT2D eigenvalue weighted by atomic mass is 10.2. The zero-order valence-corrected chi connectivity index (χ0v) is 6.54. The second-order valence-corrected chi connectivity index (χ2v) is 2.73. The van der Waals surface area contributed by atoms with Crippen molar-refractivity contribution in [3.63, 3.8) is 0 Å². The lowest BCUT2D eigenvalue weighted by Gasteiger charge is -2.30. The molecule has 0 saturated carbocycles. The fourth-order valence-electron chi connectivity index (χ4n) is 1.18. The Morgan fingerprint density at radius 3 is 2.20 bits per heavy atom. The minimum absolute atomic E-state index is 0.196. The zero-order valence-electron chi connectivity index (χ0n) is 6.54. The van der Waals surface area contributed by atoms with Crippen LogP contribution in [0, 0.1) is 0 Å². The standard InChI is InChI=1S/C8H14O2/c1-4-8-9-6(2)5-7(3)10-8/h4,6-8H,1,5H2,2-3H3/t6-,7+,8?. The van der Waals surface area contributed by atoms with E-state index < -0.39 is 0 Å². The molecule has 0 aromatic heterocycles. The molecule has 2 heteroatoms. The number of hydrogen-bond acceptors (Lipinski definition) is 2. The van der Waals surface area contributed by atoms with Crippen LogP contribution in [-0.2, 0) is 9.47 Å². The summed E-state index contributed by atoms with van der Waals surface area (Å²) in [6.45, 7) is 7.71. The largest absolute Gasteiger partial charge is 0.346 e. The molecule has 1 unspecified atom stereocenters. The Morgan fingerprint density at radius 1 is 1.30 bits per heavy atom. The summed E-state index contributed by atoms with van der Waals surface area (Å²) in [5.74, 6) is 0. The molecule has 10 heavy (non-hydrogen) atoms. The molecule has 2 nitrogen and oxygen atoms in total. The molecule has 1 fully saturated rings. The van der Waals surface area contributed by atoms with Crippen LogP contribution in [0.4, 0.5) is 0 Å². The first-order valence-electron chi connectivity index (χ1n) is 3.66. The minimum atomic E-state index is -0.196. The molecule has 0 radical (unpaired) electrons. The quantitative estimate of drug-likeness (QED) is 0.519. The lowest BCUT2D eigenvalue weighted by molar-refractivity contribution is -0.209. The van der Waals surface area contributed by atoms with Gasteiger partial charge in [-0.2, -0.15) is 0 Å². The second-order valence-electron chi connectivity index (χ2n) is 2.73. The van der Waals surface area contributed by atoms with E-state index in [0.717, 1.165) is 6.42 Å². The average Bonchev–Trinajstić information content (AvgIpc) is 1.85. The van der Waals surface area contributed by atoms with E-state index in [9.17, 15) is 0 Å². The topological polar surface area (TPSA) is 18.5 Å². The van der Waals surface area contributed by atoms with Crippen molar-refractivity contribution in [3.8, 4) is 0 Å². The summed E-state index contributed by atoms with van der Waals surface area (Å²) in [7, 11) is 0. The number of ether oxygens (including phenoxy) is 2. The molecule has 0 amide bonds. The molecule has 0 aromatic rings. The summed E-state index contributed by atoms with van der Waals surface area (Å²) in [6.07, 6.45) is 3.06. The molecule has 0 aliphatic carbocycles. The molecule has 1 heterocycles. The summed E-state index contributed by atoms with van der Waals surface area (Å²) in [4.78, 5) is 0. The van der Waals surface area contributed by atoms with Crippen LogP contribution >= 0.6 is 0 Å². The van der Waals surface area contributed by atoms with Gasteiger partial charge in [-0.25, -0.2) is 0 Å². The van der Waals surface area contributed by atoms with Crippen LogP contribution in [0.5, 0.6) is 0 Å². The molecule has 1 rings (SSSR count). The second kappa shape index (κ2) is 3.17. The van der Waals surface area contributed by atoms with Gasteiger partial charge in [-0.3, -0.25) is 0 Å². The molecular weight excluding hydrogens is 128 g/mol. The van der Waals surface area contributed by atoms with E-state index in [-0.39, 0.29) is 6.29 Å². The van der Waals surface area contributed by atoms with Crippen molar-refractivity contribution < 1.29 is 9.47 Å². The molecule has 1 aliphatic rings. The number of hydrogen-bond donors (Lipinski definition) is 0. The third-order valence-electron chi connectivity index (χ3n) is 1.59. The van der Waals surface area contributed by atoms with Gasteiger partial charge in [0.25, 0.3) is 0 Å². The first-order valence-corrected chi connectivity index (χ1v) is 3.66. The Morgan fingerprint density at radius 2 is 1.80 bits per heavy atom. The predicted molar refractivity (Wildman–Crippen MR) is 39.7 cm³/mol. The third kappa shape index (κ3) is 1.82. The van der Waals surface area contributed by atoms with Crippen molar-refractivity contribution in [2.24, 2.45) is 0 Å². The van der Waals surface area contributed by atoms with Crippen LogP contribution in [0.2, 0.25) is 0 Å². The van der Waals surface area contributed by atoms with E-state index in [0.29, 0.717) is 12.2 Å². The van der Waals surface area contributed by atoms with Crippen LogP contribution in [0.1, 0.15) is 20.3 Å². The first-order chi connectivity index (χ1) is 4.72. The zero-order chi connectivity index (χ0) is 7.56. The Hall–Kier alpha value is -0.340. The van der Waals surface area contributed by atoms with Crippen molar-refractivity contribution in [1.82, 2.24) is 0 Å². The fraction of sp³-hybridized carbons (Fsp3) is 0.750. The molecule has 3 atom stereocenters. The van der Waals surface area contributed by atoms with E-state index in [4.69, 9.17) is 9.47 Å². The highest BCUT2D eigenvalue weighted by Crippen LogP contribution is 2.17. The Balaban J connectivity index is 2.42. The monoisotopic (exact) mass is 142 g/mol. The van der Waals surface area contributed by atoms with E-state index >= 15 is 0 Å². The van der Waals surface area contributed by atoms with E-state index in [1.807, 2.05) is 0 Å². The maximum absolute atomic E-state index is 5.37. The molecule has 0 spiro atoms. The third-order valence-corrected chi connectivity index (χ3v) is 1.59. The Labute approximate surface area is 61.8 Å². The summed E-state index contributed by atoms with van der Waals surface area (Å²) in [5, 5.41) is 0. The van der Waals surface area contributed by atoms with Crippen LogP contribution < -0.4 is 0 Å². The molecule has 1 aliphatic heterocycles. The van der Waals surface area contributed by atoms with Crippen LogP contribution in [0.25, 0.3) is 0 Å². The van der Waals surface area contributed by atoms with Crippen molar-refractivity contribution >= 4 is 0 Å². The Kier molecular flexibility index (Phi) is 2.46. The summed E-state index contributed by atoms with van der Waals surface area (Å²) in [6, 6.07) is 0. The highest BCUT2D eigenvalue weighted by molar-refractivity contribution is 4.78. The van der Waals surface area contributed by atoms with Gasteiger partial charge in [0.2, 0.25) is 0 Å². The smallest absolute Gasteiger partial charge is 0.177 e. The lowest BCUT2D eigenvalue weighted by Crippen LogP contribution is -2.33. The van der Waals surface area contributed by atoms with Gasteiger partial charge in [-0.05, 0) is 26.3 Å². The van der Waals surface area contributed by atoms with Gasteiger partial charge in [-0.1, -0.05) is 6.58 Å². The number of rotatable bonds is 1. The first kappa shape index (κ1) is 7.76. The normalized spacial score (nSPS) is 41.2. The predicted octanol–water partition coefficient (Wildman–Crippen LogP) is 1.71. The SMILES string of the molecule is C=CC1O[C@H](C)C[C@H](C)O1. The highest BCUT2D eigenvalue weighted by Gasteiger charge is 2.21. The molecule has 0 bridgehead atoms. The van der Waals surface area contributed by atoms with Gasteiger partial charge < -0.3 is 9.47 Å². The summed E-state index contributed by atoms with van der Waals surface area (Å²) >= 11 is 0. The van der Waals surface area contributed by atoms with Crippen molar-refractivity contribution in [3.05, 3.63) is 12.7 Å². The van der Waals surface area contributed by atoms with Crippen molar-refractivity contribution in [1.29, 1.82) is 0 Å². The van der Waals surface area contributed by atoms with E-state index in [1.54, 1.807) is 6.08 Å². The minimum Gasteiger partial charge on any atom is -0.346 e. The maximum Gasteiger partial charge on any atom is 0.177 e. The van der Waals surface area contributed by atoms with Crippen molar-refractivity contribution in [2.45, 2.75) is 38.8 Å². The summed E-state index contributed by atoms with van der Waals surface area (Å²) < 4.78 is 10.7. The summed E-state index contributed by atoms with van der Waals surface area (Å²) in [5.41, 5.74) is 0. The molecule has 0 N–H and O–H groups in total. The molecule has 1 saturated heterocycles. The van der Waals surface area contributed by atoms with Crippen LogP contribution in [0.3, 0.4) is 0 Å². The van der Waals surface area contributed by atoms with Gasteiger partial charge in [0.15, 0.2) is 6.29 Å². The van der Waals surface area contributed by atoms with Crippen molar-refractivity contribution in [2.75, 3.05) is 0 Å². The van der Waals surface area contributed by atoms with Gasteiger partial charge in [-0.15, -0.1) is 0 Å². The van der Waals surface area contributed by atoms with Gasteiger partial charge in [0.05, 0.1) is 12.2 Å². The molecular formula is C8H14O2. The van der Waals surface area contributed by atoms with Gasteiger partial charge in [0.1, 0.15) is 0 Å². The average molecular weight is 142 g/mol. The maximum atomic E-state index is 5.37. The molecule has 58 valence electrons. The fourth-order valence-corrected chi connectivity index (χ4v) is 1.18. The van der Waals surface area contributed by atoms with E-state index in [1.165, 1.54) is 0 Å². The highest BCUT2D eigenvalue weighted by atomic mass is 16.7. The van der Waals surface area contributed by atoms with Gasteiger partial charge in [0, 0.05) is 0 Å². The van der Waals surface area contributed by atoms with E-state index in [2.05, 4.69) is 20.4 Å².